The second-order valence-electron chi connectivity index (χ2n) is 6.02. The molecule has 0 amide bonds. The zero-order chi connectivity index (χ0) is 16.2. The molecule has 0 fully saturated rings. The molecule has 1 N–H and O–H groups in total. The van der Waals surface area contributed by atoms with E-state index in [1.807, 2.05) is 0 Å². The largest absolute Gasteiger partial charge is 1.00 e. The molecular weight excluding hydrogens is 299 g/mol. The van der Waals surface area contributed by atoms with E-state index in [0.29, 0.717) is 12.0 Å². The molecular formula is C19H29NaO3. The fourth-order valence-electron chi connectivity index (χ4n) is 2.81. The van der Waals surface area contributed by atoms with E-state index in [2.05, 4.69) is 6.92 Å². The zero-order valence-corrected chi connectivity index (χ0v) is 16.8. The fraction of sp³-hybridized carbons (Fsp3) is 0.632. The van der Waals surface area contributed by atoms with Crippen molar-refractivity contribution in [1.29, 1.82) is 0 Å². The maximum absolute atomic E-state index is 11.8. The molecule has 23 heavy (non-hydrogen) atoms. The van der Waals surface area contributed by atoms with Gasteiger partial charge in [-0.3, -0.25) is 0 Å². The third kappa shape index (κ3) is 9.39. The van der Waals surface area contributed by atoms with Crippen LogP contribution in [0.15, 0.2) is 18.2 Å². The summed E-state index contributed by atoms with van der Waals surface area (Å²) in [7, 11) is 0. The number of rotatable bonds is 12. The van der Waals surface area contributed by atoms with Gasteiger partial charge in [-0.05, 0) is 24.5 Å². The van der Waals surface area contributed by atoms with E-state index in [4.69, 9.17) is 5.11 Å². The Balaban J connectivity index is 0.00000484. The molecule has 0 spiro atoms. The maximum atomic E-state index is 11.8. The van der Waals surface area contributed by atoms with Crippen molar-refractivity contribution in [3.63, 3.8) is 0 Å². The van der Waals surface area contributed by atoms with Crippen LogP contribution < -0.4 is 34.7 Å². The quantitative estimate of drug-likeness (QED) is 0.471. The molecule has 0 aliphatic carbocycles. The summed E-state index contributed by atoms with van der Waals surface area (Å²) in [5.74, 6) is -1.14. The molecule has 1 aromatic carbocycles. The fourth-order valence-corrected chi connectivity index (χ4v) is 2.81. The molecule has 0 saturated heterocycles. The molecule has 0 aromatic heterocycles. The Morgan fingerprint density at radius 1 is 0.957 bits per heavy atom. The molecule has 0 unspecified atom stereocenters. The van der Waals surface area contributed by atoms with E-state index in [9.17, 15) is 9.90 Å². The maximum Gasteiger partial charge on any atom is 1.00 e. The van der Waals surface area contributed by atoms with E-state index < -0.39 is 5.97 Å². The van der Waals surface area contributed by atoms with Crippen molar-refractivity contribution in [2.45, 2.75) is 77.6 Å². The van der Waals surface area contributed by atoms with Gasteiger partial charge in [0.25, 0.3) is 0 Å². The minimum absolute atomic E-state index is 0. The number of benzene rings is 1. The van der Waals surface area contributed by atoms with Crippen LogP contribution in [-0.2, 0) is 6.42 Å². The van der Waals surface area contributed by atoms with Crippen LogP contribution >= 0.6 is 0 Å². The summed E-state index contributed by atoms with van der Waals surface area (Å²) >= 11 is 0. The van der Waals surface area contributed by atoms with Crippen LogP contribution in [0.1, 0.15) is 87.1 Å². The predicted molar refractivity (Wildman–Crippen MR) is 88.4 cm³/mol. The van der Waals surface area contributed by atoms with Crippen LogP contribution in [0.3, 0.4) is 0 Å². The van der Waals surface area contributed by atoms with Gasteiger partial charge in [0.05, 0.1) is 5.56 Å². The van der Waals surface area contributed by atoms with Crippen molar-refractivity contribution in [1.82, 2.24) is 0 Å². The summed E-state index contributed by atoms with van der Waals surface area (Å²) in [6.45, 7) is 2.23. The molecule has 1 rings (SSSR count). The summed E-state index contributed by atoms with van der Waals surface area (Å²) < 4.78 is 0. The van der Waals surface area contributed by atoms with Crippen LogP contribution in [0.2, 0.25) is 0 Å². The first-order valence-electron chi connectivity index (χ1n) is 8.69. The zero-order valence-electron chi connectivity index (χ0n) is 14.8. The van der Waals surface area contributed by atoms with Crippen molar-refractivity contribution in [3.8, 4) is 5.75 Å². The van der Waals surface area contributed by atoms with Crippen LogP contribution in [0.5, 0.6) is 5.75 Å². The van der Waals surface area contributed by atoms with Crippen LogP contribution in [-0.4, -0.2) is 11.1 Å². The van der Waals surface area contributed by atoms with E-state index in [1.54, 1.807) is 0 Å². The average molecular weight is 328 g/mol. The number of aromatic carboxylic acids is 1. The van der Waals surface area contributed by atoms with Gasteiger partial charge in [0.2, 0.25) is 0 Å². The van der Waals surface area contributed by atoms with Gasteiger partial charge in [0, 0.05) is 0 Å². The predicted octanol–water partition coefficient (Wildman–Crippen LogP) is 1.93. The SMILES string of the molecule is CCCCCCCCCCCCc1c([O-])cccc1C(=O)O.[Na+]. The smallest absolute Gasteiger partial charge is 0.872 e. The third-order valence-electron chi connectivity index (χ3n) is 4.14. The van der Waals surface area contributed by atoms with Crippen LogP contribution in [0.4, 0.5) is 0 Å². The van der Waals surface area contributed by atoms with Crippen molar-refractivity contribution in [3.05, 3.63) is 29.3 Å². The molecule has 0 aliphatic heterocycles. The second kappa shape index (κ2) is 13.9. The first kappa shape index (κ1) is 22.5. The number of hydrogen-bond acceptors (Lipinski definition) is 2. The molecule has 0 aliphatic rings. The van der Waals surface area contributed by atoms with Crippen molar-refractivity contribution in [2.24, 2.45) is 0 Å². The monoisotopic (exact) mass is 328 g/mol. The molecule has 0 bridgehead atoms. The Kier molecular flexibility index (Phi) is 13.6. The normalized spacial score (nSPS) is 10.3. The summed E-state index contributed by atoms with van der Waals surface area (Å²) in [4.78, 5) is 11.1. The van der Waals surface area contributed by atoms with Crippen molar-refractivity contribution in [2.75, 3.05) is 0 Å². The Labute approximate surface area is 162 Å². The number of hydrogen-bond donors (Lipinski definition) is 1. The van der Waals surface area contributed by atoms with Gasteiger partial charge in [-0.15, -0.1) is 5.75 Å². The number of carboxylic acid groups (broad SMARTS) is 1. The van der Waals surface area contributed by atoms with Gasteiger partial charge in [-0.25, -0.2) is 4.79 Å². The first-order chi connectivity index (χ1) is 10.7. The van der Waals surface area contributed by atoms with Gasteiger partial charge >= 0.3 is 35.5 Å². The molecule has 1 aromatic rings. The average Bonchev–Trinajstić information content (AvgIpc) is 2.50. The molecule has 124 valence electrons. The van der Waals surface area contributed by atoms with E-state index in [1.165, 1.54) is 69.6 Å². The summed E-state index contributed by atoms with van der Waals surface area (Å²) in [5, 5.41) is 20.9. The molecule has 0 radical (unpaired) electrons. The van der Waals surface area contributed by atoms with Crippen molar-refractivity contribution < 1.29 is 44.6 Å². The van der Waals surface area contributed by atoms with E-state index in [0.717, 1.165) is 12.8 Å². The number of carbonyl (C=O) groups is 1. The Hall–Kier alpha value is -0.510. The standard InChI is InChI=1S/C19H30O3.Na/c1-2-3-4-5-6-7-8-9-10-11-13-16-17(19(21)22)14-12-15-18(16)20;/h12,14-15,20H,2-11,13H2,1H3,(H,21,22);/q;+1/p-1. The van der Waals surface area contributed by atoms with Gasteiger partial charge in [-0.1, -0.05) is 76.8 Å². The number of unbranched alkanes of at least 4 members (excludes halogenated alkanes) is 9. The van der Waals surface area contributed by atoms with E-state index >= 15 is 0 Å². The molecule has 0 atom stereocenters. The molecule has 0 saturated carbocycles. The van der Waals surface area contributed by atoms with Crippen molar-refractivity contribution >= 4 is 5.97 Å². The Morgan fingerprint density at radius 2 is 1.48 bits per heavy atom. The molecule has 3 nitrogen and oxygen atoms in total. The summed E-state index contributed by atoms with van der Waals surface area (Å²) in [5.41, 5.74) is 0.637. The Bertz CT molecular complexity index is 446. The van der Waals surface area contributed by atoms with Gasteiger partial charge in [0.1, 0.15) is 0 Å². The van der Waals surface area contributed by atoms with E-state index in [-0.39, 0.29) is 40.9 Å². The minimum Gasteiger partial charge on any atom is -0.872 e. The topological polar surface area (TPSA) is 60.4 Å². The van der Waals surface area contributed by atoms with Crippen LogP contribution in [0, 0.1) is 0 Å². The Morgan fingerprint density at radius 3 is 2.00 bits per heavy atom. The minimum atomic E-state index is -1.00. The van der Waals surface area contributed by atoms with Crippen LogP contribution in [0.25, 0.3) is 0 Å². The van der Waals surface area contributed by atoms with Gasteiger partial charge in [0.15, 0.2) is 0 Å². The third-order valence-corrected chi connectivity index (χ3v) is 4.14. The summed E-state index contributed by atoms with van der Waals surface area (Å²) in [6.07, 6.45) is 12.9. The van der Waals surface area contributed by atoms with Gasteiger partial charge < -0.3 is 10.2 Å². The second-order valence-corrected chi connectivity index (χ2v) is 6.02. The number of carboxylic acids is 1. The summed E-state index contributed by atoms with van der Waals surface area (Å²) in [6, 6.07) is 4.50. The first-order valence-corrected chi connectivity index (χ1v) is 8.69. The molecule has 0 heterocycles. The molecule has 4 heteroatoms. The van der Waals surface area contributed by atoms with Gasteiger partial charge in [-0.2, -0.15) is 0 Å².